The molecule has 0 aromatic carbocycles. The van der Waals surface area contributed by atoms with Crippen LogP contribution in [0.25, 0.3) is 0 Å². The van der Waals surface area contributed by atoms with Crippen LogP contribution in [0, 0.1) is 11.3 Å². The van der Waals surface area contributed by atoms with Crippen LogP contribution >= 0.6 is 0 Å². The van der Waals surface area contributed by atoms with Crippen LogP contribution in [0.4, 0.5) is 0 Å². The summed E-state index contributed by atoms with van der Waals surface area (Å²) in [7, 11) is 0. The summed E-state index contributed by atoms with van der Waals surface area (Å²) < 4.78 is 0. The lowest BCUT2D eigenvalue weighted by molar-refractivity contribution is -0.127. The van der Waals surface area contributed by atoms with E-state index in [4.69, 9.17) is 0 Å². The Bertz CT molecular complexity index is 220. The maximum atomic E-state index is 11.4. The summed E-state index contributed by atoms with van der Waals surface area (Å²) >= 11 is 0. The Kier molecular flexibility index (Phi) is 0.947. The Balaban J connectivity index is 1.95. The molecule has 0 radical (unpaired) electrons. The molecule has 0 aromatic heterocycles. The van der Waals surface area contributed by atoms with Crippen LogP contribution in [0.15, 0.2) is 0 Å². The van der Waals surface area contributed by atoms with Crippen LogP contribution in [0.3, 0.4) is 0 Å². The zero-order valence-electron chi connectivity index (χ0n) is 6.68. The van der Waals surface area contributed by atoms with Crippen LogP contribution < -0.4 is 0 Å². The summed E-state index contributed by atoms with van der Waals surface area (Å²) in [5.41, 5.74) is 0.481. The third kappa shape index (κ3) is 0.598. The molecule has 2 saturated heterocycles. The molecule has 2 heterocycles. The third-order valence-corrected chi connectivity index (χ3v) is 3.84. The Morgan fingerprint density at radius 2 is 2.27 bits per heavy atom. The fourth-order valence-corrected chi connectivity index (χ4v) is 3.10. The predicted molar refractivity (Wildman–Crippen MR) is 41.2 cm³/mol. The Morgan fingerprint density at radius 3 is 2.64 bits per heavy atom. The van der Waals surface area contributed by atoms with Gasteiger partial charge in [-0.1, -0.05) is 6.42 Å². The highest BCUT2D eigenvalue weighted by Crippen LogP contribution is 2.54. The van der Waals surface area contributed by atoms with Crippen LogP contribution in [-0.4, -0.2) is 30.3 Å². The van der Waals surface area contributed by atoms with E-state index in [0.717, 1.165) is 13.1 Å². The van der Waals surface area contributed by atoms with Crippen LogP contribution in [-0.2, 0) is 4.79 Å². The minimum absolute atomic E-state index is 0.441. The number of fused-ring (bicyclic) bond motifs is 3. The number of nitrogens with zero attached hydrogens (tertiary/aromatic N) is 1. The molecule has 3 fully saturated rings. The normalized spacial score (nSPS) is 44.9. The second-order valence-electron chi connectivity index (χ2n) is 4.40. The molecular weight excluding hydrogens is 138 g/mol. The maximum Gasteiger partial charge on any atom is 0.151 e. The number of hydrogen-bond donors (Lipinski definition) is 0. The van der Waals surface area contributed by atoms with Gasteiger partial charge in [0.2, 0.25) is 0 Å². The van der Waals surface area contributed by atoms with Gasteiger partial charge in [0.1, 0.15) is 0 Å². The van der Waals surface area contributed by atoms with Gasteiger partial charge >= 0.3 is 0 Å². The van der Waals surface area contributed by atoms with Gasteiger partial charge in [0.15, 0.2) is 5.78 Å². The Morgan fingerprint density at radius 1 is 1.45 bits per heavy atom. The van der Waals surface area contributed by atoms with Crippen molar-refractivity contribution in [3.8, 4) is 0 Å². The largest absolute Gasteiger partial charge is 0.298 e. The lowest BCUT2D eigenvalue weighted by atomic mass is 9.61. The van der Waals surface area contributed by atoms with Crippen molar-refractivity contribution < 1.29 is 4.79 Å². The van der Waals surface area contributed by atoms with Crippen molar-refractivity contribution in [3.05, 3.63) is 0 Å². The summed E-state index contributed by atoms with van der Waals surface area (Å²) in [5, 5.41) is 0. The van der Waals surface area contributed by atoms with Crippen molar-refractivity contribution >= 4 is 5.78 Å². The summed E-state index contributed by atoms with van der Waals surface area (Å²) in [6, 6.07) is 0. The highest BCUT2D eigenvalue weighted by molar-refractivity contribution is 5.87. The molecule has 60 valence electrons. The zero-order chi connectivity index (χ0) is 7.47. The number of piperidine rings is 1. The summed E-state index contributed by atoms with van der Waals surface area (Å²) in [4.78, 5) is 13.7. The fourth-order valence-electron chi connectivity index (χ4n) is 3.10. The van der Waals surface area contributed by atoms with Crippen molar-refractivity contribution in [2.24, 2.45) is 11.3 Å². The molecule has 2 nitrogen and oxygen atoms in total. The second kappa shape index (κ2) is 1.69. The molecule has 1 aliphatic carbocycles. The first kappa shape index (κ1) is 6.18. The van der Waals surface area contributed by atoms with E-state index in [0.29, 0.717) is 17.1 Å². The van der Waals surface area contributed by atoms with E-state index in [1.807, 2.05) is 0 Å². The molecule has 3 aliphatic rings. The maximum absolute atomic E-state index is 11.4. The molecule has 3 rings (SSSR count). The smallest absolute Gasteiger partial charge is 0.151 e. The minimum atomic E-state index is 0.441. The molecule has 2 unspecified atom stereocenters. The molecule has 11 heavy (non-hydrogen) atoms. The van der Waals surface area contributed by atoms with Crippen molar-refractivity contribution in [2.45, 2.75) is 19.3 Å². The number of ketones is 1. The molecule has 2 aliphatic heterocycles. The van der Waals surface area contributed by atoms with Crippen molar-refractivity contribution in [1.29, 1.82) is 0 Å². The molecule has 2 heteroatoms. The van der Waals surface area contributed by atoms with Gasteiger partial charge in [-0.25, -0.2) is 0 Å². The zero-order valence-corrected chi connectivity index (χ0v) is 6.68. The van der Waals surface area contributed by atoms with Crippen molar-refractivity contribution in [3.63, 3.8) is 0 Å². The van der Waals surface area contributed by atoms with Crippen LogP contribution in [0.5, 0.6) is 0 Å². The highest BCUT2D eigenvalue weighted by Gasteiger charge is 2.56. The lowest BCUT2D eigenvalue weighted by Crippen LogP contribution is -2.45. The van der Waals surface area contributed by atoms with Gasteiger partial charge in [0.25, 0.3) is 0 Å². The van der Waals surface area contributed by atoms with E-state index in [2.05, 4.69) is 4.90 Å². The van der Waals surface area contributed by atoms with Gasteiger partial charge in [-0.2, -0.15) is 0 Å². The van der Waals surface area contributed by atoms with E-state index in [-0.39, 0.29) is 0 Å². The first-order chi connectivity index (χ1) is 5.30. The average Bonchev–Trinajstić information content (AvgIpc) is 2.39. The van der Waals surface area contributed by atoms with Crippen molar-refractivity contribution in [1.82, 2.24) is 4.90 Å². The minimum Gasteiger partial charge on any atom is -0.298 e. The molecule has 1 saturated carbocycles. The van der Waals surface area contributed by atoms with Crippen molar-refractivity contribution in [2.75, 3.05) is 19.6 Å². The van der Waals surface area contributed by atoms with E-state index >= 15 is 0 Å². The van der Waals surface area contributed by atoms with E-state index in [1.54, 1.807) is 0 Å². The predicted octanol–water partition coefficient (Wildman–Crippen LogP) is 0.671. The van der Waals surface area contributed by atoms with Gasteiger partial charge in [-0.05, 0) is 18.3 Å². The molecule has 2 atom stereocenters. The Hall–Kier alpha value is -0.370. The lowest BCUT2D eigenvalue weighted by Gasteiger charge is -2.44. The van der Waals surface area contributed by atoms with E-state index in [1.165, 1.54) is 25.8 Å². The number of carbonyl (C=O) groups is 1. The molecule has 2 bridgehead atoms. The van der Waals surface area contributed by atoms with Gasteiger partial charge in [-0.3, -0.25) is 9.69 Å². The monoisotopic (exact) mass is 151 g/mol. The summed E-state index contributed by atoms with van der Waals surface area (Å²) in [6.07, 6.45) is 4.00. The molecule has 0 aromatic rings. The highest BCUT2D eigenvalue weighted by atomic mass is 16.1. The van der Waals surface area contributed by atoms with Gasteiger partial charge in [0, 0.05) is 19.0 Å². The van der Waals surface area contributed by atoms with Gasteiger partial charge in [0.05, 0.1) is 6.54 Å². The summed E-state index contributed by atoms with van der Waals surface area (Å²) in [6.45, 7) is 3.06. The van der Waals surface area contributed by atoms with Crippen LogP contribution in [0.2, 0.25) is 0 Å². The second-order valence-corrected chi connectivity index (χ2v) is 4.40. The average molecular weight is 151 g/mol. The molecule has 1 spiro atoms. The standard InChI is InChI=1S/C9H13NO/c11-8-5-10-4-7(8)9(6-10)2-1-3-9/h7H,1-6H2. The van der Waals surface area contributed by atoms with Crippen LogP contribution in [0.1, 0.15) is 19.3 Å². The van der Waals surface area contributed by atoms with E-state index in [9.17, 15) is 4.79 Å². The van der Waals surface area contributed by atoms with E-state index < -0.39 is 0 Å². The molecule has 0 N–H and O–H groups in total. The number of hydrogen-bond acceptors (Lipinski definition) is 2. The number of carbonyl (C=O) groups excluding carboxylic acids is 1. The molecular formula is C9H13NO. The first-order valence-corrected chi connectivity index (χ1v) is 4.55. The van der Waals surface area contributed by atoms with Gasteiger partial charge < -0.3 is 0 Å². The number of Topliss-reactive ketones (excluding diaryl/α,β-unsaturated/α-hetero) is 1. The SMILES string of the molecule is O=C1CN2CC1C1(CCC1)C2. The fraction of sp³-hybridized carbons (Fsp3) is 0.889. The quantitative estimate of drug-likeness (QED) is 0.507. The topological polar surface area (TPSA) is 20.3 Å². The molecule has 0 amide bonds. The summed E-state index contributed by atoms with van der Waals surface area (Å²) in [5.74, 6) is 0.965. The van der Waals surface area contributed by atoms with Gasteiger partial charge in [-0.15, -0.1) is 0 Å². The third-order valence-electron chi connectivity index (χ3n) is 3.84. The first-order valence-electron chi connectivity index (χ1n) is 4.55. The Labute approximate surface area is 66.6 Å². The number of rotatable bonds is 0.